The first-order chi connectivity index (χ1) is 9.26. The predicted octanol–water partition coefficient (Wildman–Crippen LogP) is 4.80. The SMILES string of the molecule is CCC1CCCCC1C(Cc1ccccc1Br)NC. The van der Waals surface area contributed by atoms with Gasteiger partial charge in [-0.25, -0.2) is 0 Å². The summed E-state index contributed by atoms with van der Waals surface area (Å²) in [6.07, 6.45) is 8.14. The van der Waals surface area contributed by atoms with Crippen molar-refractivity contribution in [3.63, 3.8) is 0 Å². The maximum Gasteiger partial charge on any atom is 0.0207 e. The lowest BCUT2D eigenvalue weighted by Crippen LogP contribution is -2.40. The van der Waals surface area contributed by atoms with Crippen molar-refractivity contribution in [1.82, 2.24) is 5.32 Å². The molecule has 2 rings (SSSR count). The minimum atomic E-state index is 0.615. The van der Waals surface area contributed by atoms with Gasteiger partial charge < -0.3 is 5.32 Å². The van der Waals surface area contributed by atoms with Crippen molar-refractivity contribution in [2.75, 3.05) is 7.05 Å². The number of hydrogen-bond donors (Lipinski definition) is 1. The molecule has 0 saturated heterocycles. The molecule has 3 atom stereocenters. The van der Waals surface area contributed by atoms with Crippen LogP contribution in [0.25, 0.3) is 0 Å². The summed E-state index contributed by atoms with van der Waals surface area (Å²) in [6, 6.07) is 9.25. The van der Waals surface area contributed by atoms with Gasteiger partial charge in [-0.3, -0.25) is 0 Å². The summed E-state index contributed by atoms with van der Waals surface area (Å²) in [6.45, 7) is 2.36. The van der Waals surface area contributed by atoms with Crippen molar-refractivity contribution < 1.29 is 0 Å². The third-order valence-corrected chi connectivity index (χ3v) is 5.55. The molecule has 0 amide bonds. The summed E-state index contributed by atoms with van der Waals surface area (Å²) in [4.78, 5) is 0. The van der Waals surface area contributed by atoms with Crippen LogP contribution >= 0.6 is 15.9 Å². The van der Waals surface area contributed by atoms with Crippen molar-refractivity contribution in [2.24, 2.45) is 11.8 Å². The van der Waals surface area contributed by atoms with Gasteiger partial charge in [-0.05, 0) is 43.4 Å². The molecule has 0 aliphatic heterocycles. The van der Waals surface area contributed by atoms with E-state index in [1.54, 1.807) is 0 Å². The van der Waals surface area contributed by atoms with Crippen LogP contribution in [0.5, 0.6) is 0 Å². The van der Waals surface area contributed by atoms with E-state index < -0.39 is 0 Å². The van der Waals surface area contributed by atoms with Gasteiger partial charge >= 0.3 is 0 Å². The molecule has 1 saturated carbocycles. The number of likely N-dealkylation sites (N-methyl/N-ethyl adjacent to an activating group) is 1. The lowest BCUT2D eigenvalue weighted by atomic mass is 9.73. The highest BCUT2D eigenvalue weighted by molar-refractivity contribution is 9.10. The van der Waals surface area contributed by atoms with E-state index in [-0.39, 0.29) is 0 Å². The Hall–Kier alpha value is -0.340. The molecule has 1 N–H and O–H groups in total. The Morgan fingerprint density at radius 1 is 1.26 bits per heavy atom. The normalized spacial score (nSPS) is 25.2. The molecule has 0 aromatic heterocycles. The molecule has 3 unspecified atom stereocenters. The van der Waals surface area contributed by atoms with Gasteiger partial charge in [0.25, 0.3) is 0 Å². The highest BCUT2D eigenvalue weighted by atomic mass is 79.9. The molecule has 19 heavy (non-hydrogen) atoms. The van der Waals surface area contributed by atoms with Crippen molar-refractivity contribution >= 4 is 15.9 Å². The van der Waals surface area contributed by atoms with Gasteiger partial charge in [0.15, 0.2) is 0 Å². The molecule has 2 heteroatoms. The molecule has 1 nitrogen and oxygen atoms in total. The standard InChI is InChI=1S/C17H26BrN/c1-3-13-8-4-6-10-15(13)17(19-2)12-14-9-5-7-11-16(14)18/h5,7,9,11,13,15,17,19H,3-4,6,8,10,12H2,1-2H3. The van der Waals surface area contributed by atoms with Crippen LogP contribution in [-0.2, 0) is 6.42 Å². The number of rotatable bonds is 5. The van der Waals surface area contributed by atoms with Gasteiger partial charge in [0, 0.05) is 10.5 Å². The molecule has 0 bridgehead atoms. The maximum absolute atomic E-state index is 3.68. The van der Waals surface area contributed by atoms with Crippen LogP contribution in [0.15, 0.2) is 28.7 Å². The van der Waals surface area contributed by atoms with E-state index in [0.717, 1.165) is 18.3 Å². The second-order valence-electron chi connectivity index (χ2n) is 5.81. The molecule has 1 aromatic carbocycles. The Balaban J connectivity index is 2.08. The van der Waals surface area contributed by atoms with E-state index in [0.29, 0.717) is 6.04 Å². The van der Waals surface area contributed by atoms with E-state index in [4.69, 9.17) is 0 Å². The van der Waals surface area contributed by atoms with Gasteiger partial charge in [0.2, 0.25) is 0 Å². The fraction of sp³-hybridized carbons (Fsp3) is 0.647. The van der Waals surface area contributed by atoms with Crippen LogP contribution < -0.4 is 5.32 Å². The lowest BCUT2D eigenvalue weighted by Gasteiger charge is -2.37. The molecule has 1 fully saturated rings. The van der Waals surface area contributed by atoms with Crippen LogP contribution in [0.1, 0.15) is 44.6 Å². The Kier molecular flexibility index (Phi) is 5.90. The molecule has 0 heterocycles. The minimum absolute atomic E-state index is 0.615. The summed E-state index contributed by atoms with van der Waals surface area (Å²) in [5.74, 6) is 1.75. The van der Waals surface area contributed by atoms with E-state index in [2.05, 4.69) is 59.5 Å². The average Bonchev–Trinajstić information content (AvgIpc) is 2.46. The van der Waals surface area contributed by atoms with E-state index >= 15 is 0 Å². The van der Waals surface area contributed by atoms with E-state index in [1.165, 1.54) is 42.1 Å². The Bertz CT molecular complexity index is 391. The summed E-state index contributed by atoms with van der Waals surface area (Å²) >= 11 is 3.68. The van der Waals surface area contributed by atoms with Crippen LogP contribution in [0.2, 0.25) is 0 Å². The average molecular weight is 324 g/mol. The monoisotopic (exact) mass is 323 g/mol. The minimum Gasteiger partial charge on any atom is -0.316 e. The van der Waals surface area contributed by atoms with E-state index in [9.17, 15) is 0 Å². The zero-order valence-corrected chi connectivity index (χ0v) is 13.7. The van der Waals surface area contributed by atoms with Gasteiger partial charge in [0.1, 0.15) is 0 Å². The lowest BCUT2D eigenvalue weighted by molar-refractivity contribution is 0.179. The zero-order chi connectivity index (χ0) is 13.7. The molecule has 0 spiro atoms. The molecular weight excluding hydrogens is 298 g/mol. The molecule has 1 aromatic rings. The largest absolute Gasteiger partial charge is 0.316 e. The Morgan fingerprint density at radius 2 is 2.00 bits per heavy atom. The number of halogens is 1. The first kappa shape index (κ1) is 15.1. The summed E-state index contributed by atoms with van der Waals surface area (Å²) < 4.78 is 1.25. The fourth-order valence-corrected chi connectivity index (χ4v) is 4.09. The van der Waals surface area contributed by atoms with Crippen molar-refractivity contribution in [3.05, 3.63) is 34.3 Å². The number of nitrogens with one attached hydrogen (secondary N) is 1. The summed E-state index contributed by atoms with van der Waals surface area (Å²) in [5, 5.41) is 3.59. The summed E-state index contributed by atoms with van der Waals surface area (Å²) in [7, 11) is 2.13. The first-order valence-electron chi connectivity index (χ1n) is 7.67. The van der Waals surface area contributed by atoms with Crippen molar-refractivity contribution in [3.8, 4) is 0 Å². The molecule has 106 valence electrons. The maximum atomic E-state index is 3.68. The Labute approximate surface area is 126 Å². The van der Waals surface area contributed by atoms with Gasteiger partial charge in [-0.15, -0.1) is 0 Å². The van der Waals surface area contributed by atoms with Gasteiger partial charge in [0.05, 0.1) is 0 Å². The van der Waals surface area contributed by atoms with Crippen molar-refractivity contribution in [1.29, 1.82) is 0 Å². The first-order valence-corrected chi connectivity index (χ1v) is 8.46. The predicted molar refractivity (Wildman–Crippen MR) is 86.4 cm³/mol. The Morgan fingerprint density at radius 3 is 2.68 bits per heavy atom. The molecular formula is C17H26BrN. The van der Waals surface area contributed by atoms with E-state index in [1.807, 2.05) is 0 Å². The molecule has 1 aliphatic rings. The third-order valence-electron chi connectivity index (χ3n) is 4.78. The zero-order valence-electron chi connectivity index (χ0n) is 12.2. The quantitative estimate of drug-likeness (QED) is 0.821. The van der Waals surface area contributed by atoms with Crippen LogP contribution in [0.3, 0.4) is 0 Å². The fourth-order valence-electron chi connectivity index (χ4n) is 3.64. The summed E-state index contributed by atoms with van der Waals surface area (Å²) in [5.41, 5.74) is 1.43. The second kappa shape index (κ2) is 7.44. The highest BCUT2D eigenvalue weighted by Crippen LogP contribution is 2.35. The number of benzene rings is 1. The van der Waals surface area contributed by atoms with Crippen LogP contribution in [-0.4, -0.2) is 13.1 Å². The smallest absolute Gasteiger partial charge is 0.0207 e. The van der Waals surface area contributed by atoms with Gasteiger partial charge in [-0.1, -0.05) is 66.7 Å². The van der Waals surface area contributed by atoms with Crippen LogP contribution in [0, 0.1) is 11.8 Å². The molecule has 1 aliphatic carbocycles. The van der Waals surface area contributed by atoms with Gasteiger partial charge in [-0.2, -0.15) is 0 Å². The van der Waals surface area contributed by atoms with Crippen LogP contribution in [0.4, 0.5) is 0 Å². The highest BCUT2D eigenvalue weighted by Gasteiger charge is 2.30. The third kappa shape index (κ3) is 3.82. The van der Waals surface area contributed by atoms with Crippen molar-refractivity contribution in [2.45, 2.75) is 51.5 Å². The molecule has 0 radical (unpaired) electrons. The topological polar surface area (TPSA) is 12.0 Å². The number of hydrogen-bond acceptors (Lipinski definition) is 1. The second-order valence-corrected chi connectivity index (χ2v) is 6.66.